The molecule has 0 amide bonds. The molecule has 2 atom stereocenters. The zero-order valence-electron chi connectivity index (χ0n) is 11.5. The molecule has 19 heavy (non-hydrogen) atoms. The van der Waals surface area contributed by atoms with Gasteiger partial charge in [0.05, 0.1) is 0 Å². The molecular weight excluding hydrogens is 246 g/mol. The van der Waals surface area contributed by atoms with E-state index in [9.17, 15) is 8.78 Å². The fourth-order valence-corrected chi connectivity index (χ4v) is 3.13. The summed E-state index contributed by atoms with van der Waals surface area (Å²) < 4.78 is 26.6. The lowest BCUT2D eigenvalue weighted by atomic mass is 9.91. The highest BCUT2D eigenvalue weighted by atomic mass is 19.3. The number of hydrazine groups is 1. The highest BCUT2D eigenvalue weighted by Crippen LogP contribution is 2.40. The molecule has 1 aliphatic rings. The second-order valence-corrected chi connectivity index (χ2v) is 5.83. The van der Waals surface area contributed by atoms with Crippen molar-refractivity contribution >= 4 is 0 Å². The third kappa shape index (κ3) is 3.74. The van der Waals surface area contributed by atoms with Gasteiger partial charge in [0.15, 0.2) is 0 Å². The van der Waals surface area contributed by atoms with E-state index in [0.29, 0.717) is 12.8 Å². The lowest BCUT2D eigenvalue weighted by Crippen LogP contribution is -2.42. The molecule has 1 aromatic rings. The maximum atomic E-state index is 13.3. The van der Waals surface area contributed by atoms with Gasteiger partial charge in [-0.1, -0.05) is 29.3 Å². The molecule has 1 aromatic carbocycles. The van der Waals surface area contributed by atoms with Gasteiger partial charge in [-0.05, 0) is 38.2 Å². The minimum atomic E-state index is -2.51. The molecule has 1 aliphatic carbocycles. The van der Waals surface area contributed by atoms with Crippen molar-refractivity contribution in [2.24, 2.45) is 11.8 Å². The van der Waals surface area contributed by atoms with Crippen LogP contribution in [0.25, 0.3) is 0 Å². The van der Waals surface area contributed by atoms with E-state index in [1.54, 1.807) is 0 Å². The van der Waals surface area contributed by atoms with Crippen LogP contribution in [0.4, 0.5) is 8.78 Å². The molecule has 0 aromatic heterocycles. The smallest absolute Gasteiger partial charge is 0.248 e. The van der Waals surface area contributed by atoms with Crippen LogP contribution in [-0.4, -0.2) is 12.0 Å². The molecule has 1 fully saturated rings. The number of rotatable bonds is 4. The van der Waals surface area contributed by atoms with E-state index in [1.807, 2.05) is 13.8 Å². The largest absolute Gasteiger partial charge is 0.271 e. The van der Waals surface area contributed by atoms with Gasteiger partial charge in [-0.2, -0.15) is 0 Å². The van der Waals surface area contributed by atoms with E-state index in [0.717, 1.165) is 5.56 Å². The lowest BCUT2D eigenvalue weighted by molar-refractivity contribution is 0.00330. The summed E-state index contributed by atoms with van der Waals surface area (Å²) in [5, 5.41) is 0. The van der Waals surface area contributed by atoms with Gasteiger partial charge in [-0.25, -0.2) is 8.78 Å². The number of halogens is 2. The Hall–Kier alpha value is -1.00. The molecular formula is C15H22F2N2. The number of alkyl halides is 2. The van der Waals surface area contributed by atoms with Gasteiger partial charge >= 0.3 is 0 Å². The van der Waals surface area contributed by atoms with Crippen LogP contribution in [0.15, 0.2) is 18.2 Å². The van der Waals surface area contributed by atoms with E-state index in [2.05, 4.69) is 23.6 Å². The van der Waals surface area contributed by atoms with Crippen LogP contribution in [0.2, 0.25) is 0 Å². The number of hydrogen-bond acceptors (Lipinski definition) is 2. The minimum Gasteiger partial charge on any atom is -0.271 e. The first-order chi connectivity index (χ1) is 8.89. The average molecular weight is 268 g/mol. The van der Waals surface area contributed by atoms with Crippen LogP contribution in [0.5, 0.6) is 0 Å². The molecule has 2 unspecified atom stereocenters. The summed E-state index contributed by atoms with van der Waals surface area (Å²) in [5.41, 5.74) is 6.29. The van der Waals surface area contributed by atoms with Gasteiger partial charge in [0, 0.05) is 18.9 Å². The maximum absolute atomic E-state index is 13.3. The molecule has 0 heterocycles. The first-order valence-electron chi connectivity index (χ1n) is 6.81. The number of nitrogens with one attached hydrogen (secondary N) is 1. The summed E-state index contributed by atoms with van der Waals surface area (Å²) >= 11 is 0. The number of hydrogen-bond donors (Lipinski definition) is 2. The van der Waals surface area contributed by atoms with Crippen molar-refractivity contribution in [1.82, 2.24) is 5.43 Å². The lowest BCUT2D eigenvalue weighted by Gasteiger charge is -2.23. The van der Waals surface area contributed by atoms with Gasteiger partial charge < -0.3 is 0 Å². The molecule has 4 heteroatoms. The topological polar surface area (TPSA) is 38.0 Å². The summed E-state index contributed by atoms with van der Waals surface area (Å²) in [5.74, 6) is 3.02. The van der Waals surface area contributed by atoms with Crippen LogP contribution >= 0.6 is 0 Å². The van der Waals surface area contributed by atoms with Crippen LogP contribution in [-0.2, 0) is 6.42 Å². The summed E-state index contributed by atoms with van der Waals surface area (Å²) in [4.78, 5) is 0. The molecule has 2 nitrogen and oxygen atoms in total. The first kappa shape index (κ1) is 14.4. The molecule has 0 aliphatic heterocycles. The standard InChI is InChI=1S/C15H22F2N2/c1-10-5-11(2)7-12(6-10)8-14(19-18)13-3-4-15(16,17)9-13/h5-7,13-14,19H,3-4,8-9,18H2,1-2H3. The van der Waals surface area contributed by atoms with Crippen LogP contribution in [0, 0.1) is 19.8 Å². The number of aryl methyl sites for hydroxylation is 2. The minimum absolute atomic E-state index is 0.0112. The Bertz CT molecular complexity index is 426. The summed E-state index contributed by atoms with van der Waals surface area (Å²) in [6.07, 6.45) is 1.20. The zero-order chi connectivity index (χ0) is 14.0. The van der Waals surface area contributed by atoms with Gasteiger partial charge in [0.2, 0.25) is 5.92 Å². The highest BCUT2D eigenvalue weighted by Gasteiger charge is 2.42. The third-order valence-electron chi connectivity index (χ3n) is 3.96. The van der Waals surface area contributed by atoms with E-state index in [1.165, 1.54) is 11.1 Å². The Balaban J connectivity index is 2.07. The number of benzene rings is 1. The van der Waals surface area contributed by atoms with Gasteiger partial charge in [0.25, 0.3) is 0 Å². The van der Waals surface area contributed by atoms with E-state index in [-0.39, 0.29) is 24.8 Å². The third-order valence-corrected chi connectivity index (χ3v) is 3.96. The fourth-order valence-electron chi connectivity index (χ4n) is 3.13. The van der Waals surface area contributed by atoms with Crippen molar-refractivity contribution < 1.29 is 8.78 Å². The Morgan fingerprint density at radius 2 is 1.95 bits per heavy atom. The SMILES string of the molecule is Cc1cc(C)cc(CC(NN)C2CCC(F)(F)C2)c1. The molecule has 2 rings (SSSR count). The van der Waals surface area contributed by atoms with E-state index < -0.39 is 5.92 Å². The fraction of sp³-hybridized carbons (Fsp3) is 0.600. The first-order valence-corrected chi connectivity index (χ1v) is 6.81. The maximum Gasteiger partial charge on any atom is 0.248 e. The Labute approximate surface area is 113 Å². The van der Waals surface area contributed by atoms with Crippen molar-refractivity contribution in [2.45, 2.75) is 51.5 Å². The molecule has 106 valence electrons. The average Bonchev–Trinajstić information content (AvgIpc) is 2.65. The van der Waals surface area contributed by atoms with Gasteiger partial charge in [-0.15, -0.1) is 0 Å². The molecule has 0 saturated heterocycles. The van der Waals surface area contributed by atoms with Crippen molar-refractivity contribution in [3.63, 3.8) is 0 Å². The second kappa shape index (κ2) is 5.55. The van der Waals surface area contributed by atoms with Gasteiger partial charge in [-0.3, -0.25) is 11.3 Å². The number of nitrogens with two attached hydrogens (primary N) is 1. The molecule has 0 bridgehead atoms. The quantitative estimate of drug-likeness (QED) is 0.650. The predicted octanol–water partition coefficient (Wildman–Crippen LogP) is 3.11. The highest BCUT2D eigenvalue weighted by molar-refractivity contribution is 5.29. The van der Waals surface area contributed by atoms with E-state index in [4.69, 9.17) is 5.84 Å². The second-order valence-electron chi connectivity index (χ2n) is 5.83. The van der Waals surface area contributed by atoms with Crippen molar-refractivity contribution in [3.8, 4) is 0 Å². The van der Waals surface area contributed by atoms with Crippen molar-refractivity contribution in [1.29, 1.82) is 0 Å². The molecule has 3 N–H and O–H groups in total. The monoisotopic (exact) mass is 268 g/mol. The van der Waals surface area contributed by atoms with Gasteiger partial charge in [0.1, 0.15) is 0 Å². The van der Waals surface area contributed by atoms with Crippen LogP contribution in [0.3, 0.4) is 0 Å². The summed E-state index contributed by atoms with van der Waals surface area (Å²) in [6.45, 7) is 4.09. The Kier molecular flexibility index (Phi) is 4.21. The Morgan fingerprint density at radius 1 is 1.32 bits per heavy atom. The summed E-state index contributed by atoms with van der Waals surface area (Å²) in [7, 11) is 0. The van der Waals surface area contributed by atoms with Crippen LogP contribution < -0.4 is 11.3 Å². The van der Waals surface area contributed by atoms with E-state index >= 15 is 0 Å². The van der Waals surface area contributed by atoms with Crippen molar-refractivity contribution in [2.75, 3.05) is 0 Å². The van der Waals surface area contributed by atoms with Crippen LogP contribution in [0.1, 0.15) is 36.0 Å². The molecule has 0 radical (unpaired) electrons. The Morgan fingerprint density at radius 3 is 2.42 bits per heavy atom. The molecule has 1 saturated carbocycles. The predicted molar refractivity (Wildman–Crippen MR) is 73.0 cm³/mol. The van der Waals surface area contributed by atoms with Crippen molar-refractivity contribution in [3.05, 3.63) is 34.9 Å². The normalized spacial score (nSPS) is 23.5. The zero-order valence-corrected chi connectivity index (χ0v) is 11.5. The molecule has 0 spiro atoms. The summed E-state index contributed by atoms with van der Waals surface area (Å²) in [6, 6.07) is 6.24.